The summed E-state index contributed by atoms with van der Waals surface area (Å²) in [4.78, 5) is 10.9. The fourth-order valence-corrected chi connectivity index (χ4v) is 0.623. The second kappa shape index (κ2) is 2.51. The summed E-state index contributed by atoms with van der Waals surface area (Å²) in [5.41, 5.74) is 0.749. The number of nitrogens with zero attached hydrogens (tertiary/aromatic N) is 1. The van der Waals surface area contributed by atoms with E-state index in [0.29, 0.717) is 0 Å². The smallest absolute Gasteiger partial charge is 0.289 e. The molecule has 1 aromatic heterocycles. The molecule has 0 saturated carbocycles. The lowest BCUT2D eigenvalue weighted by Crippen LogP contribution is -2.17. The van der Waals surface area contributed by atoms with Crippen LogP contribution in [0.25, 0.3) is 0 Å². The molecule has 0 aliphatic carbocycles. The average Bonchev–Trinajstić information content (AvgIpc) is 2.34. The lowest BCUT2D eigenvalue weighted by atomic mass is 10.3. The van der Waals surface area contributed by atoms with Crippen LogP contribution >= 0.6 is 0 Å². The van der Waals surface area contributed by atoms with Gasteiger partial charge in [0.25, 0.3) is 5.91 Å². The Morgan fingerprint density at radius 2 is 2.50 bits per heavy atom. The number of aryl methyl sites for hydroxylation is 1. The van der Waals surface area contributed by atoms with Gasteiger partial charge in [-0.05, 0) is 6.92 Å². The van der Waals surface area contributed by atoms with E-state index in [2.05, 4.69) is 15.0 Å². The van der Waals surface area contributed by atoms with Gasteiger partial charge in [-0.2, -0.15) is 0 Å². The SMILES string of the molecule is CNC(=O)c1oncc1C. The molecule has 1 aromatic rings. The Hall–Kier alpha value is -1.32. The molecule has 0 spiro atoms. The second-order valence-corrected chi connectivity index (χ2v) is 1.92. The van der Waals surface area contributed by atoms with E-state index in [9.17, 15) is 4.79 Å². The van der Waals surface area contributed by atoms with E-state index >= 15 is 0 Å². The van der Waals surface area contributed by atoms with E-state index in [4.69, 9.17) is 0 Å². The van der Waals surface area contributed by atoms with Gasteiger partial charge in [0.2, 0.25) is 5.76 Å². The van der Waals surface area contributed by atoms with Gasteiger partial charge in [0, 0.05) is 12.6 Å². The summed E-state index contributed by atoms with van der Waals surface area (Å²) in [6.45, 7) is 1.76. The highest BCUT2D eigenvalue weighted by atomic mass is 16.5. The minimum atomic E-state index is -0.241. The van der Waals surface area contributed by atoms with Crippen molar-refractivity contribution in [3.8, 4) is 0 Å². The normalized spacial score (nSPS) is 9.40. The first-order chi connectivity index (χ1) is 4.75. The Bertz CT molecular complexity index is 242. The Morgan fingerprint density at radius 1 is 1.80 bits per heavy atom. The molecule has 0 saturated heterocycles. The Kier molecular flexibility index (Phi) is 1.71. The maximum Gasteiger partial charge on any atom is 0.289 e. The first-order valence-electron chi connectivity index (χ1n) is 2.89. The lowest BCUT2D eigenvalue weighted by molar-refractivity contribution is 0.0925. The summed E-state index contributed by atoms with van der Waals surface area (Å²) in [5.74, 6) is 0.0394. The standard InChI is InChI=1S/C6H8N2O2/c1-4-3-8-10-5(4)6(9)7-2/h3H,1-2H3,(H,7,9). The van der Waals surface area contributed by atoms with E-state index in [1.165, 1.54) is 6.20 Å². The van der Waals surface area contributed by atoms with Gasteiger partial charge >= 0.3 is 0 Å². The van der Waals surface area contributed by atoms with Crippen LogP contribution in [0.4, 0.5) is 0 Å². The molecular formula is C6H8N2O2. The topological polar surface area (TPSA) is 55.1 Å². The molecule has 1 rings (SSSR count). The van der Waals surface area contributed by atoms with E-state index in [-0.39, 0.29) is 11.7 Å². The van der Waals surface area contributed by atoms with Crippen LogP contribution in [0.3, 0.4) is 0 Å². The molecule has 4 heteroatoms. The molecule has 0 unspecified atom stereocenters. The zero-order valence-electron chi connectivity index (χ0n) is 5.84. The number of rotatable bonds is 1. The van der Waals surface area contributed by atoms with Gasteiger partial charge in [-0.25, -0.2) is 0 Å². The summed E-state index contributed by atoms with van der Waals surface area (Å²) >= 11 is 0. The van der Waals surface area contributed by atoms with Crippen molar-refractivity contribution in [2.75, 3.05) is 7.05 Å². The maximum absolute atomic E-state index is 10.9. The molecule has 54 valence electrons. The number of amides is 1. The predicted octanol–water partition coefficient (Wildman–Crippen LogP) is 0.343. The molecular weight excluding hydrogens is 132 g/mol. The van der Waals surface area contributed by atoms with Crippen molar-refractivity contribution in [1.82, 2.24) is 10.5 Å². The van der Waals surface area contributed by atoms with Crippen LogP contribution in [0.5, 0.6) is 0 Å². The fourth-order valence-electron chi connectivity index (χ4n) is 0.623. The Balaban J connectivity index is 2.93. The third-order valence-electron chi connectivity index (χ3n) is 1.18. The van der Waals surface area contributed by atoms with Crippen molar-refractivity contribution in [3.05, 3.63) is 17.5 Å². The number of carbonyl (C=O) groups excluding carboxylic acids is 1. The minimum absolute atomic E-state index is 0.241. The first-order valence-corrected chi connectivity index (χ1v) is 2.89. The van der Waals surface area contributed by atoms with Crippen LogP contribution in [-0.4, -0.2) is 18.1 Å². The summed E-state index contributed by atoms with van der Waals surface area (Å²) in [6.07, 6.45) is 1.50. The fraction of sp³-hybridized carbons (Fsp3) is 0.333. The summed E-state index contributed by atoms with van der Waals surface area (Å²) < 4.78 is 4.65. The van der Waals surface area contributed by atoms with E-state index < -0.39 is 0 Å². The molecule has 0 bridgehead atoms. The summed E-state index contributed by atoms with van der Waals surface area (Å²) in [6, 6.07) is 0. The molecule has 1 heterocycles. The molecule has 4 nitrogen and oxygen atoms in total. The molecule has 1 N–H and O–H groups in total. The molecule has 1 amide bonds. The molecule has 0 atom stereocenters. The molecule has 0 fully saturated rings. The van der Waals surface area contributed by atoms with Gasteiger partial charge in [-0.3, -0.25) is 4.79 Å². The van der Waals surface area contributed by atoms with Crippen molar-refractivity contribution in [3.63, 3.8) is 0 Å². The van der Waals surface area contributed by atoms with Crippen molar-refractivity contribution in [2.45, 2.75) is 6.92 Å². The van der Waals surface area contributed by atoms with Crippen LogP contribution in [0.15, 0.2) is 10.7 Å². The van der Waals surface area contributed by atoms with Crippen LogP contribution in [0.2, 0.25) is 0 Å². The summed E-state index contributed by atoms with van der Waals surface area (Å²) in [5, 5.41) is 5.89. The Morgan fingerprint density at radius 3 is 2.90 bits per heavy atom. The first kappa shape index (κ1) is 6.80. The van der Waals surface area contributed by atoms with Crippen molar-refractivity contribution >= 4 is 5.91 Å². The molecule has 0 aromatic carbocycles. The third kappa shape index (κ3) is 1.00. The average molecular weight is 140 g/mol. The third-order valence-corrected chi connectivity index (χ3v) is 1.18. The van der Waals surface area contributed by atoms with Crippen LogP contribution in [-0.2, 0) is 0 Å². The van der Waals surface area contributed by atoms with E-state index in [0.717, 1.165) is 5.56 Å². The van der Waals surface area contributed by atoms with Gasteiger partial charge in [-0.1, -0.05) is 5.16 Å². The van der Waals surface area contributed by atoms with Crippen molar-refractivity contribution < 1.29 is 9.32 Å². The van der Waals surface area contributed by atoms with Crippen LogP contribution < -0.4 is 5.32 Å². The molecule has 0 aliphatic heterocycles. The van der Waals surface area contributed by atoms with Gasteiger partial charge in [-0.15, -0.1) is 0 Å². The predicted molar refractivity (Wildman–Crippen MR) is 34.6 cm³/mol. The lowest BCUT2D eigenvalue weighted by Gasteiger charge is -1.91. The number of hydrogen-bond acceptors (Lipinski definition) is 3. The summed E-state index contributed by atoms with van der Waals surface area (Å²) in [7, 11) is 1.55. The largest absolute Gasteiger partial charge is 0.352 e. The van der Waals surface area contributed by atoms with E-state index in [1.807, 2.05) is 0 Å². The van der Waals surface area contributed by atoms with Crippen LogP contribution in [0, 0.1) is 6.92 Å². The number of aromatic nitrogens is 1. The quantitative estimate of drug-likeness (QED) is 0.612. The minimum Gasteiger partial charge on any atom is -0.352 e. The number of carbonyl (C=O) groups is 1. The maximum atomic E-state index is 10.9. The van der Waals surface area contributed by atoms with Gasteiger partial charge in [0.05, 0.1) is 6.20 Å². The highest BCUT2D eigenvalue weighted by Gasteiger charge is 2.10. The van der Waals surface area contributed by atoms with Crippen molar-refractivity contribution in [2.24, 2.45) is 0 Å². The van der Waals surface area contributed by atoms with E-state index in [1.54, 1.807) is 14.0 Å². The van der Waals surface area contributed by atoms with Gasteiger partial charge in [0.15, 0.2) is 0 Å². The monoisotopic (exact) mass is 140 g/mol. The molecule has 0 radical (unpaired) electrons. The zero-order chi connectivity index (χ0) is 7.56. The molecule has 10 heavy (non-hydrogen) atoms. The highest BCUT2D eigenvalue weighted by Crippen LogP contribution is 2.04. The van der Waals surface area contributed by atoms with Crippen molar-refractivity contribution in [1.29, 1.82) is 0 Å². The highest BCUT2D eigenvalue weighted by molar-refractivity contribution is 5.92. The van der Waals surface area contributed by atoms with Crippen LogP contribution in [0.1, 0.15) is 16.1 Å². The molecule has 0 aliphatic rings. The van der Waals surface area contributed by atoms with Gasteiger partial charge < -0.3 is 9.84 Å². The van der Waals surface area contributed by atoms with Gasteiger partial charge in [0.1, 0.15) is 0 Å². The zero-order valence-corrected chi connectivity index (χ0v) is 5.84. The second-order valence-electron chi connectivity index (χ2n) is 1.92. The number of hydrogen-bond donors (Lipinski definition) is 1. The number of nitrogens with one attached hydrogen (secondary N) is 1. The Labute approximate surface area is 58.2 Å².